The summed E-state index contributed by atoms with van der Waals surface area (Å²) in [7, 11) is 1.64. The van der Waals surface area contributed by atoms with Crippen LogP contribution in [-0.4, -0.2) is 35.2 Å². The standard InChI is InChI=1S/C16H16ClN3O4S/c1-10-7-11(3-5-13(10)20(23)24)16(22)18-8-15(21)19(2)9-12-4-6-14(17)25-12/h3-7H,8-9H2,1-2H3,(H,18,22). The van der Waals surface area contributed by atoms with E-state index >= 15 is 0 Å². The number of rotatable bonds is 6. The average molecular weight is 382 g/mol. The summed E-state index contributed by atoms with van der Waals surface area (Å²) in [4.78, 5) is 36.9. The van der Waals surface area contributed by atoms with Gasteiger partial charge >= 0.3 is 0 Å². The molecule has 0 spiro atoms. The van der Waals surface area contributed by atoms with Crippen LogP contribution in [0.5, 0.6) is 0 Å². The lowest BCUT2D eigenvalue weighted by Gasteiger charge is -2.16. The summed E-state index contributed by atoms with van der Waals surface area (Å²) in [5.74, 6) is -0.713. The van der Waals surface area contributed by atoms with Crippen molar-refractivity contribution in [3.05, 3.63) is 60.8 Å². The van der Waals surface area contributed by atoms with E-state index in [4.69, 9.17) is 11.6 Å². The molecule has 1 N–H and O–H groups in total. The summed E-state index contributed by atoms with van der Waals surface area (Å²) >= 11 is 7.24. The monoisotopic (exact) mass is 381 g/mol. The van der Waals surface area contributed by atoms with E-state index in [2.05, 4.69) is 5.32 Å². The van der Waals surface area contributed by atoms with Crippen molar-refractivity contribution in [1.29, 1.82) is 0 Å². The largest absolute Gasteiger partial charge is 0.343 e. The number of hydrogen-bond donors (Lipinski definition) is 1. The van der Waals surface area contributed by atoms with E-state index < -0.39 is 10.8 Å². The van der Waals surface area contributed by atoms with Gasteiger partial charge in [0.25, 0.3) is 11.6 Å². The second kappa shape index (κ2) is 8.09. The van der Waals surface area contributed by atoms with Gasteiger partial charge < -0.3 is 10.2 Å². The number of benzene rings is 1. The molecule has 0 fully saturated rings. The molecule has 2 aromatic rings. The summed E-state index contributed by atoms with van der Waals surface area (Å²) in [5, 5.41) is 13.3. The first-order chi connectivity index (χ1) is 11.8. The van der Waals surface area contributed by atoms with E-state index in [1.54, 1.807) is 20.0 Å². The zero-order valence-electron chi connectivity index (χ0n) is 13.6. The zero-order chi connectivity index (χ0) is 18.6. The maximum atomic E-state index is 12.1. The van der Waals surface area contributed by atoms with Crippen molar-refractivity contribution in [1.82, 2.24) is 10.2 Å². The van der Waals surface area contributed by atoms with Crippen molar-refractivity contribution in [3.8, 4) is 0 Å². The number of thiophene rings is 1. The van der Waals surface area contributed by atoms with Crippen LogP contribution in [-0.2, 0) is 11.3 Å². The van der Waals surface area contributed by atoms with E-state index in [9.17, 15) is 19.7 Å². The summed E-state index contributed by atoms with van der Waals surface area (Å²) < 4.78 is 0.651. The molecule has 0 radical (unpaired) electrons. The zero-order valence-corrected chi connectivity index (χ0v) is 15.2. The first-order valence-corrected chi connectivity index (χ1v) is 8.49. The molecule has 0 bridgehead atoms. The van der Waals surface area contributed by atoms with Gasteiger partial charge in [-0.25, -0.2) is 0 Å². The second-order valence-corrected chi connectivity index (χ2v) is 7.20. The number of carbonyl (C=O) groups is 2. The van der Waals surface area contributed by atoms with Crippen LogP contribution in [0, 0.1) is 17.0 Å². The van der Waals surface area contributed by atoms with Crippen LogP contribution in [0.15, 0.2) is 30.3 Å². The average Bonchev–Trinajstić information content (AvgIpc) is 2.96. The SMILES string of the molecule is Cc1cc(C(=O)NCC(=O)N(C)Cc2ccc(Cl)s2)ccc1[N+](=O)[O-]. The Bertz CT molecular complexity index is 821. The number of nitro groups is 1. The molecule has 0 saturated carbocycles. The number of nitro benzene ring substituents is 1. The molecule has 0 saturated heterocycles. The predicted molar refractivity (Wildman–Crippen MR) is 96.0 cm³/mol. The van der Waals surface area contributed by atoms with E-state index in [-0.39, 0.29) is 23.7 Å². The molecular formula is C16H16ClN3O4S. The molecule has 1 aromatic heterocycles. The van der Waals surface area contributed by atoms with Crippen molar-refractivity contribution in [2.24, 2.45) is 0 Å². The fourth-order valence-electron chi connectivity index (χ4n) is 2.15. The molecule has 25 heavy (non-hydrogen) atoms. The molecule has 0 aliphatic carbocycles. The Labute approximate surface area is 153 Å². The molecule has 0 unspecified atom stereocenters. The maximum Gasteiger partial charge on any atom is 0.272 e. The minimum absolute atomic E-state index is 0.0537. The van der Waals surface area contributed by atoms with Gasteiger partial charge in [-0.3, -0.25) is 19.7 Å². The highest BCUT2D eigenvalue weighted by Gasteiger charge is 2.16. The Morgan fingerprint density at radius 3 is 2.60 bits per heavy atom. The fourth-order valence-corrected chi connectivity index (χ4v) is 3.29. The molecule has 2 rings (SSSR count). The lowest BCUT2D eigenvalue weighted by molar-refractivity contribution is -0.385. The molecule has 7 nitrogen and oxygen atoms in total. The highest BCUT2D eigenvalue weighted by Crippen LogP contribution is 2.22. The van der Waals surface area contributed by atoms with Gasteiger partial charge in [-0.15, -0.1) is 11.3 Å². The highest BCUT2D eigenvalue weighted by atomic mass is 35.5. The van der Waals surface area contributed by atoms with Gasteiger partial charge in [-0.2, -0.15) is 0 Å². The van der Waals surface area contributed by atoms with E-state index in [1.165, 1.54) is 34.4 Å². The van der Waals surface area contributed by atoms with Gasteiger partial charge in [0.1, 0.15) is 0 Å². The molecule has 0 aliphatic rings. The van der Waals surface area contributed by atoms with Crippen LogP contribution in [0.25, 0.3) is 0 Å². The summed E-state index contributed by atoms with van der Waals surface area (Å²) in [6.07, 6.45) is 0. The number of likely N-dealkylation sites (N-methyl/N-ethyl adjacent to an activating group) is 1. The quantitative estimate of drug-likeness (QED) is 0.614. The smallest absolute Gasteiger partial charge is 0.272 e. The third-order valence-electron chi connectivity index (χ3n) is 3.50. The summed E-state index contributed by atoms with van der Waals surface area (Å²) in [6.45, 7) is 1.80. The van der Waals surface area contributed by atoms with Crippen LogP contribution in [0.4, 0.5) is 5.69 Å². The second-order valence-electron chi connectivity index (χ2n) is 5.40. The van der Waals surface area contributed by atoms with Gasteiger partial charge in [0.05, 0.1) is 22.3 Å². The molecule has 132 valence electrons. The van der Waals surface area contributed by atoms with Gasteiger partial charge in [0.15, 0.2) is 0 Å². The minimum Gasteiger partial charge on any atom is -0.343 e. The first-order valence-electron chi connectivity index (χ1n) is 7.29. The molecule has 1 aromatic carbocycles. The van der Waals surface area contributed by atoms with E-state index in [0.717, 1.165) is 4.88 Å². The van der Waals surface area contributed by atoms with E-state index in [0.29, 0.717) is 16.4 Å². The number of halogens is 1. The highest BCUT2D eigenvalue weighted by molar-refractivity contribution is 7.16. The van der Waals surface area contributed by atoms with Gasteiger partial charge in [-0.1, -0.05) is 11.6 Å². The number of amides is 2. The Morgan fingerprint density at radius 2 is 2.04 bits per heavy atom. The van der Waals surface area contributed by atoms with E-state index in [1.807, 2.05) is 6.07 Å². The molecule has 1 heterocycles. The van der Waals surface area contributed by atoms with Crippen LogP contribution < -0.4 is 5.32 Å². The van der Waals surface area contributed by atoms with Gasteiger partial charge in [0.2, 0.25) is 5.91 Å². The Morgan fingerprint density at radius 1 is 1.32 bits per heavy atom. The Balaban J connectivity index is 1.91. The molecule has 0 atom stereocenters. The molecular weight excluding hydrogens is 366 g/mol. The normalized spacial score (nSPS) is 10.4. The predicted octanol–water partition coefficient (Wildman–Crippen LogP) is 3.01. The minimum atomic E-state index is -0.508. The van der Waals surface area contributed by atoms with Crippen molar-refractivity contribution in [3.63, 3.8) is 0 Å². The maximum absolute atomic E-state index is 12.1. The molecule has 9 heteroatoms. The number of nitrogens with one attached hydrogen (secondary N) is 1. The lowest BCUT2D eigenvalue weighted by atomic mass is 10.1. The number of carbonyl (C=O) groups excluding carboxylic acids is 2. The summed E-state index contributed by atoms with van der Waals surface area (Å²) in [5.41, 5.74) is 0.598. The van der Waals surface area contributed by atoms with Crippen LogP contribution in [0.3, 0.4) is 0 Å². The Hall–Kier alpha value is -2.45. The number of aryl methyl sites for hydroxylation is 1. The van der Waals surface area contributed by atoms with Crippen LogP contribution >= 0.6 is 22.9 Å². The van der Waals surface area contributed by atoms with Crippen molar-refractivity contribution >= 4 is 40.4 Å². The topological polar surface area (TPSA) is 92.6 Å². The number of hydrogen-bond acceptors (Lipinski definition) is 5. The molecule has 2 amide bonds. The third-order valence-corrected chi connectivity index (χ3v) is 4.72. The van der Waals surface area contributed by atoms with Crippen LogP contribution in [0.2, 0.25) is 4.34 Å². The van der Waals surface area contributed by atoms with Crippen LogP contribution in [0.1, 0.15) is 20.8 Å². The number of nitrogens with zero attached hydrogens (tertiary/aromatic N) is 2. The lowest BCUT2D eigenvalue weighted by Crippen LogP contribution is -2.37. The van der Waals surface area contributed by atoms with Gasteiger partial charge in [-0.05, 0) is 31.2 Å². The fraction of sp³-hybridized carbons (Fsp3) is 0.250. The third kappa shape index (κ3) is 5.01. The van der Waals surface area contributed by atoms with Crippen molar-refractivity contribution in [2.75, 3.05) is 13.6 Å². The van der Waals surface area contributed by atoms with Crippen molar-refractivity contribution in [2.45, 2.75) is 13.5 Å². The summed E-state index contributed by atoms with van der Waals surface area (Å²) in [6, 6.07) is 7.67. The van der Waals surface area contributed by atoms with Gasteiger partial charge in [0, 0.05) is 29.1 Å². The Kier molecular flexibility index (Phi) is 6.11. The van der Waals surface area contributed by atoms with Crippen molar-refractivity contribution < 1.29 is 14.5 Å². The first kappa shape index (κ1) is 18.9. The molecule has 0 aliphatic heterocycles.